The van der Waals surface area contributed by atoms with Crippen molar-refractivity contribution in [3.63, 3.8) is 0 Å². The van der Waals surface area contributed by atoms with Crippen molar-refractivity contribution in [1.82, 2.24) is 0 Å². The monoisotopic (exact) mass is 142 g/mol. The molecule has 0 aromatic heterocycles. The first-order valence-corrected chi connectivity index (χ1v) is 3.74. The van der Waals surface area contributed by atoms with Crippen molar-refractivity contribution in [1.29, 1.82) is 0 Å². The summed E-state index contributed by atoms with van der Waals surface area (Å²) in [5, 5.41) is 8.69. The second-order valence-electron chi connectivity index (χ2n) is 3.65. The van der Waals surface area contributed by atoms with Crippen LogP contribution >= 0.6 is 0 Å². The van der Waals surface area contributed by atoms with Gasteiger partial charge < -0.3 is 5.11 Å². The molecule has 1 fully saturated rings. The van der Waals surface area contributed by atoms with Gasteiger partial charge in [0.25, 0.3) is 0 Å². The van der Waals surface area contributed by atoms with E-state index in [0.717, 1.165) is 6.42 Å². The Balaban J connectivity index is 2.61. The average Bonchev–Trinajstić information content (AvgIpc) is 2.33. The molecule has 2 atom stereocenters. The highest BCUT2D eigenvalue weighted by Crippen LogP contribution is 2.59. The van der Waals surface area contributed by atoms with Crippen LogP contribution in [0, 0.1) is 17.3 Å². The number of rotatable bonds is 2. The molecule has 1 aliphatic carbocycles. The Kier molecular flexibility index (Phi) is 1.50. The van der Waals surface area contributed by atoms with Gasteiger partial charge in [-0.25, -0.2) is 0 Å². The summed E-state index contributed by atoms with van der Waals surface area (Å²) in [6, 6.07) is 0. The molecule has 2 nitrogen and oxygen atoms in total. The molecule has 2 heteroatoms. The maximum atomic E-state index is 10.5. The number of carbonyl (C=O) groups is 1. The van der Waals surface area contributed by atoms with Crippen LogP contribution in [0.4, 0.5) is 0 Å². The van der Waals surface area contributed by atoms with Gasteiger partial charge in [0.2, 0.25) is 0 Å². The van der Waals surface area contributed by atoms with Crippen molar-refractivity contribution in [2.24, 2.45) is 17.3 Å². The molecular formula is C8H14O2. The van der Waals surface area contributed by atoms with Crippen LogP contribution in [0.5, 0.6) is 0 Å². The van der Waals surface area contributed by atoms with Gasteiger partial charge in [-0.2, -0.15) is 0 Å². The van der Waals surface area contributed by atoms with Crippen LogP contribution in [0.15, 0.2) is 0 Å². The molecule has 0 bridgehead atoms. The lowest BCUT2D eigenvalue weighted by Gasteiger charge is -1.96. The molecule has 0 heterocycles. The van der Waals surface area contributed by atoms with Gasteiger partial charge in [-0.3, -0.25) is 4.79 Å². The van der Waals surface area contributed by atoms with Crippen molar-refractivity contribution in [2.75, 3.05) is 0 Å². The molecule has 1 rings (SSSR count). The zero-order valence-corrected chi connectivity index (χ0v) is 6.72. The Labute approximate surface area is 61.2 Å². The number of aliphatic carboxylic acids is 1. The molecule has 1 N–H and O–H groups in total. The maximum Gasteiger partial charge on any atom is 0.307 e. The molecule has 0 aromatic rings. The standard InChI is InChI=1S/C8H14O2/c1-4-5-6(7(9)10)8(5,2)3/h5-6H,4H2,1-3H3,(H,9,10). The second kappa shape index (κ2) is 1.97. The first-order chi connectivity index (χ1) is 4.51. The SMILES string of the molecule is CCC1C(C(=O)O)C1(C)C. The van der Waals surface area contributed by atoms with E-state index in [-0.39, 0.29) is 11.3 Å². The van der Waals surface area contributed by atoms with E-state index >= 15 is 0 Å². The summed E-state index contributed by atoms with van der Waals surface area (Å²) in [6.45, 7) is 6.11. The first-order valence-electron chi connectivity index (χ1n) is 3.74. The van der Waals surface area contributed by atoms with E-state index in [1.807, 2.05) is 13.8 Å². The van der Waals surface area contributed by atoms with E-state index < -0.39 is 5.97 Å². The molecular weight excluding hydrogens is 128 g/mol. The van der Waals surface area contributed by atoms with Gasteiger partial charge in [0.15, 0.2) is 0 Å². The van der Waals surface area contributed by atoms with Crippen LogP contribution < -0.4 is 0 Å². The number of hydrogen-bond acceptors (Lipinski definition) is 1. The van der Waals surface area contributed by atoms with Gasteiger partial charge in [-0.05, 0) is 11.3 Å². The van der Waals surface area contributed by atoms with E-state index in [4.69, 9.17) is 5.11 Å². The van der Waals surface area contributed by atoms with E-state index in [1.54, 1.807) is 0 Å². The Hall–Kier alpha value is -0.530. The smallest absolute Gasteiger partial charge is 0.307 e. The normalized spacial score (nSPS) is 35.5. The largest absolute Gasteiger partial charge is 0.481 e. The zero-order chi connectivity index (χ0) is 7.94. The fourth-order valence-corrected chi connectivity index (χ4v) is 2.00. The van der Waals surface area contributed by atoms with Crippen molar-refractivity contribution < 1.29 is 9.90 Å². The highest BCUT2D eigenvalue weighted by molar-refractivity contribution is 5.75. The van der Waals surface area contributed by atoms with E-state index in [1.165, 1.54) is 0 Å². The number of hydrogen-bond donors (Lipinski definition) is 1. The number of carboxylic acid groups (broad SMARTS) is 1. The third-order valence-corrected chi connectivity index (χ3v) is 2.76. The molecule has 2 unspecified atom stereocenters. The van der Waals surface area contributed by atoms with Gasteiger partial charge in [-0.15, -0.1) is 0 Å². The Morgan fingerprint density at radius 3 is 2.20 bits per heavy atom. The van der Waals surface area contributed by atoms with Crippen molar-refractivity contribution in [3.8, 4) is 0 Å². The van der Waals surface area contributed by atoms with E-state index in [2.05, 4.69) is 6.92 Å². The molecule has 1 saturated carbocycles. The van der Waals surface area contributed by atoms with Gasteiger partial charge in [0, 0.05) is 0 Å². The summed E-state index contributed by atoms with van der Waals surface area (Å²) in [4.78, 5) is 10.5. The lowest BCUT2D eigenvalue weighted by Crippen LogP contribution is -2.03. The lowest BCUT2D eigenvalue weighted by molar-refractivity contribution is -0.139. The Bertz CT molecular complexity index is 161. The average molecular weight is 142 g/mol. The minimum absolute atomic E-state index is 0.0561. The summed E-state index contributed by atoms with van der Waals surface area (Å²) in [5.41, 5.74) is 0.0561. The Morgan fingerprint density at radius 2 is 2.10 bits per heavy atom. The quantitative estimate of drug-likeness (QED) is 0.637. The van der Waals surface area contributed by atoms with E-state index in [0.29, 0.717) is 5.92 Å². The van der Waals surface area contributed by atoms with Crippen LogP contribution in [-0.4, -0.2) is 11.1 Å². The molecule has 0 saturated heterocycles. The van der Waals surface area contributed by atoms with Crippen LogP contribution in [0.25, 0.3) is 0 Å². The van der Waals surface area contributed by atoms with Gasteiger partial charge in [-0.1, -0.05) is 27.2 Å². The highest BCUT2D eigenvalue weighted by atomic mass is 16.4. The summed E-state index contributed by atoms with van der Waals surface area (Å²) >= 11 is 0. The van der Waals surface area contributed by atoms with Crippen LogP contribution in [0.1, 0.15) is 27.2 Å². The predicted molar refractivity (Wildman–Crippen MR) is 38.7 cm³/mol. The van der Waals surface area contributed by atoms with Crippen molar-refractivity contribution in [3.05, 3.63) is 0 Å². The molecule has 0 radical (unpaired) electrons. The van der Waals surface area contributed by atoms with Crippen LogP contribution in [0.3, 0.4) is 0 Å². The minimum Gasteiger partial charge on any atom is -0.481 e. The summed E-state index contributed by atoms with van der Waals surface area (Å²) in [6.07, 6.45) is 0.990. The predicted octanol–water partition coefficient (Wildman–Crippen LogP) is 1.75. The topological polar surface area (TPSA) is 37.3 Å². The molecule has 1 aliphatic rings. The summed E-state index contributed by atoms with van der Waals surface area (Å²) in [5.74, 6) is -0.306. The van der Waals surface area contributed by atoms with Gasteiger partial charge >= 0.3 is 5.97 Å². The first kappa shape index (κ1) is 7.58. The maximum absolute atomic E-state index is 10.5. The third kappa shape index (κ3) is 0.825. The summed E-state index contributed by atoms with van der Waals surface area (Å²) < 4.78 is 0. The zero-order valence-electron chi connectivity index (χ0n) is 6.72. The number of carboxylic acids is 1. The highest BCUT2D eigenvalue weighted by Gasteiger charge is 2.60. The molecule has 0 spiro atoms. The van der Waals surface area contributed by atoms with E-state index in [9.17, 15) is 4.79 Å². The molecule has 58 valence electrons. The second-order valence-corrected chi connectivity index (χ2v) is 3.65. The fourth-order valence-electron chi connectivity index (χ4n) is 2.00. The summed E-state index contributed by atoms with van der Waals surface area (Å²) in [7, 11) is 0. The fraction of sp³-hybridized carbons (Fsp3) is 0.875. The Morgan fingerprint density at radius 1 is 1.60 bits per heavy atom. The molecule has 10 heavy (non-hydrogen) atoms. The van der Waals surface area contributed by atoms with Crippen molar-refractivity contribution in [2.45, 2.75) is 27.2 Å². The minimum atomic E-state index is -0.628. The molecule has 0 aromatic carbocycles. The lowest BCUT2D eigenvalue weighted by atomic mass is 10.1. The van der Waals surface area contributed by atoms with Gasteiger partial charge in [0.05, 0.1) is 5.92 Å². The van der Waals surface area contributed by atoms with Crippen LogP contribution in [0.2, 0.25) is 0 Å². The van der Waals surface area contributed by atoms with Crippen LogP contribution in [-0.2, 0) is 4.79 Å². The third-order valence-electron chi connectivity index (χ3n) is 2.76. The van der Waals surface area contributed by atoms with Crippen molar-refractivity contribution >= 4 is 5.97 Å². The van der Waals surface area contributed by atoms with Gasteiger partial charge in [0.1, 0.15) is 0 Å². The molecule has 0 amide bonds. The molecule has 0 aliphatic heterocycles.